The van der Waals surface area contributed by atoms with Crippen molar-refractivity contribution in [1.29, 1.82) is 0 Å². The molecule has 0 aliphatic heterocycles. The molecular weight excluding hydrogens is 1230 g/mol. The van der Waals surface area contributed by atoms with Crippen LogP contribution >= 0.6 is 21.9 Å². The van der Waals surface area contributed by atoms with Gasteiger partial charge in [-0.2, -0.15) is 4.17 Å². The Bertz CT molecular complexity index is 1340. The first-order chi connectivity index (χ1) is 45.5. The van der Waals surface area contributed by atoms with Gasteiger partial charge in [0.2, 0.25) is 14.1 Å². The zero-order chi connectivity index (χ0) is 69.3. The van der Waals surface area contributed by atoms with E-state index in [-0.39, 0.29) is 0 Å². The van der Waals surface area contributed by atoms with E-state index in [1.54, 1.807) is 0 Å². The van der Waals surface area contributed by atoms with Crippen LogP contribution in [0.2, 0.25) is 0 Å². The van der Waals surface area contributed by atoms with Crippen molar-refractivity contribution < 1.29 is 25.2 Å². The maximum absolute atomic E-state index is 10.7. The normalized spacial score (nSPS) is 12.9. The molecule has 0 unspecified atom stereocenters. The summed E-state index contributed by atoms with van der Waals surface area (Å²) < 4.78 is 66.3. The molecule has 0 radical (unpaired) electrons. The fraction of sp³-hybridized carbons (Fsp3) is 1.00. The van der Waals surface area contributed by atoms with Crippen molar-refractivity contribution >= 4 is 21.9 Å². The summed E-state index contributed by atoms with van der Waals surface area (Å²) in [5, 5.41) is 0. The molecule has 10 heteroatoms. The first kappa shape index (κ1) is 96.6. The molecule has 0 aliphatic rings. The molecular formula is C84H174F6NP3. The van der Waals surface area contributed by atoms with E-state index >= 15 is 0 Å². The molecule has 0 rings (SSSR count). The minimum atomic E-state index is -10.7. The molecule has 0 aromatic carbocycles. The van der Waals surface area contributed by atoms with Gasteiger partial charge in [0.25, 0.3) is 0 Å². The van der Waals surface area contributed by atoms with Crippen LogP contribution in [0, 0.1) is 0 Å². The molecule has 0 amide bonds. The monoisotopic (exact) mass is 1400 g/mol. The molecule has 0 saturated carbocycles. The van der Waals surface area contributed by atoms with Crippen LogP contribution in [0.5, 0.6) is 0 Å². The second-order valence-corrected chi connectivity index (χ2v) is 40.6. The number of rotatable bonds is 78. The standard InChI is InChI=1S/C84H174NP2.F6P/c1-7-13-19-25-31-37-43-49-55-61-67-73-79-86(80-74-68-62-56-50-44-38-32-26-20-14-8-2,81-75-69-63-57-51-45-39-33-27-21-15-9-3)85-87(82-76-70-64-58-52-46-40-34-28-22-16-10-4,83-77-71-65-59-53-47-41-35-29-23-17-11-5)84-78-72-66-60-54-48-42-36-30-24-18-12-6;1-7(2,3,4,5)6/h7-84H2,1-6H3;/q+1;-1. The third-order valence-corrected chi connectivity index (χ3v) is 30.9. The quantitative estimate of drug-likeness (QED) is 0.0249. The van der Waals surface area contributed by atoms with E-state index < -0.39 is 21.9 Å². The molecule has 0 fully saturated rings. The topological polar surface area (TPSA) is 14.1 Å². The third-order valence-electron chi connectivity index (χ3n) is 20.9. The van der Waals surface area contributed by atoms with Crippen molar-refractivity contribution in [3.05, 3.63) is 0 Å². The van der Waals surface area contributed by atoms with E-state index in [0.29, 0.717) is 0 Å². The van der Waals surface area contributed by atoms with Crippen molar-refractivity contribution in [2.24, 2.45) is 0 Å². The fourth-order valence-corrected chi connectivity index (χ4v) is 26.4. The summed E-state index contributed by atoms with van der Waals surface area (Å²) in [5.74, 6) is 0. The summed E-state index contributed by atoms with van der Waals surface area (Å²) in [6.07, 6.45) is 115. The molecule has 0 saturated heterocycles. The molecule has 0 aromatic rings. The Labute approximate surface area is 588 Å². The van der Waals surface area contributed by atoms with E-state index in [1.807, 2.05) is 0 Å². The average molecular weight is 1410 g/mol. The van der Waals surface area contributed by atoms with Gasteiger partial charge in [-0.05, 0) is 38.5 Å². The predicted octanol–water partition coefficient (Wildman–Crippen LogP) is 36.0. The van der Waals surface area contributed by atoms with Crippen LogP contribution in [0.3, 0.4) is 0 Å². The third kappa shape index (κ3) is 83.2. The van der Waals surface area contributed by atoms with Gasteiger partial charge in [0.05, 0.1) is 0 Å². The van der Waals surface area contributed by atoms with Crippen LogP contribution in [0.1, 0.15) is 504 Å². The number of hydrogen-bond donors (Lipinski definition) is 0. The average Bonchev–Trinajstić information content (AvgIpc) is 0.805. The van der Waals surface area contributed by atoms with Gasteiger partial charge >= 0.3 is 33.0 Å². The van der Waals surface area contributed by atoms with Gasteiger partial charge in [-0.15, -0.1) is 0 Å². The summed E-state index contributed by atoms with van der Waals surface area (Å²) in [6, 6.07) is 0. The van der Waals surface area contributed by atoms with E-state index in [1.165, 1.54) is 499 Å². The first-order valence-electron chi connectivity index (χ1n) is 43.6. The Morgan fingerprint density at radius 2 is 0.223 bits per heavy atom. The summed E-state index contributed by atoms with van der Waals surface area (Å²) in [6.45, 7) is 14.2. The summed E-state index contributed by atoms with van der Waals surface area (Å²) in [7, 11) is -13.5. The predicted molar refractivity (Wildman–Crippen MR) is 425 cm³/mol. The van der Waals surface area contributed by atoms with Crippen molar-refractivity contribution in [2.45, 2.75) is 504 Å². The Morgan fingerprint density at radius 3 is 0.309 bits per heavy atom. The number of unbranched alkanes of at least 4 members (excludes halogenated alkanes) is 66. The van der Waals surface area contributed by atoms with E-state index in [0.717, 1.165) is 0 Å². The van der Waals surface area contributed by atoms with Gasteiger partial charge in [-0.25, -0.2) is 0 Å². The zero-order valence-corrected chi connectivity index (χ0v) is 67.9. The van der Waals surface area contributed by atoms with Crippen molar-refractivity contribution in [1.82, 2.24) is 4.17 Å². The zero-order valence-electron chi connectivity index (χ0n) is 65.2. The van der Waals surface area contributed by atoms with Crippen molar-refractivity contribution in [3.8, 4) is 0 Å². The van der Waals surface area contributed by atoms with Gasteiger partial charge < -0.3 is 0 Å². The molecule has 94 heavy (non-hydrogen) atoms. The SMILES string of the molecule is CCCCCCCCCCCCCCP(CCCCCCCCCCCCCC)(CCCCCCCCCCCCCC)=[N+]=P(CCCCCCCCCCCCCC)(CCCCCCCCCCCCCC)CCCCCCCCCCCCCC.F[P-](F)(F)(F)(F)F. The Balaban J connectivity index is 0. The van der Waals surface area contributed by atoms with E-state index in [2.05, 4.69) is 41.5 Å². The van der Waals surface area contributed by atoms with Crippen LogP contribution < -0.4 is 4.17 Å². The van der Waals surface area contributed by atoms with Crippen LogP contribution in [-0.2, 0) is 0 Å². The number of halogens is 6. The van der Waals surface area contributed by atoms with Crippen LogP contribution in [0.15, 0.2) is 0 Å². The molecule has 1 nitrogen and oxygen atoms in total. The summed E-state index contributed by atoms with van der Waals surface area (Å²) >= 11 is 0. The molecule has 0 aliphatic carbocycles. The molecule has 0 atom stereocenters. The molecule has 0 N–H and O–H groups in total. The van der Waals surface area contributed by atoms with Gasteiger partial charge in [0.1, 0.15) is 0 Å². The Morgan fingerprint density at radius 1 is 0.149 bits per heavy atom. The number of nitrogens with zero attached hydrogens (tertiary/aromatic N) is 1. The van der Waals surface area contributed by atoms with Gasteiger partial charge in [0, 0.05) is 37.0 Å². The first-order valence-corrected chi connectivity index (χ1v) is 50.2. The van der Waals surface area contributed by atoms with Crippen molar-refractivity contribution in [3.63, 3.8) is 0 Å². The van der Waals surface area contributed by atoms with Gasteiger partial charge in [-0.3, -0.25) is 0 Å². The van der Waals surface area contributed by atoms with Gasteiger partial charge in [0.15, 0.2) is 0 Å². The summed E-state index contributed by atoms with van der Waals surface area (Å²) in [5.41, 5.74) is 0. The molecule has 572 valence electrons. The molecule has 0 heterocycles. The van der Waals surface area contributed by atoms with Crippen LogP contribution in [0.4, 0.5) is 25.2 Å². The van der Waals surface area contributed by atoms with E-state index in [4.69, 9.17) is 4.17 Å². The summed E-state index contributed by atoms with van der Waals surface area (Å²) in [4.78, 5) is 0. The number of hydrogen-bond acceptors (Lipinski definition) is 0. The molecule has 0 spiro atoms. The Kier molecular flexibility index (Phi) is 72.6. The fourth-order valence-electron chi connectivity index (χ4n) is 14.8. The van der Waals surface area contributed by atoms with E-state index in [9.17, 15) is 25.2 Å². The van der Waals surface area contributed by atoms with Crippen LogP contribution in [-0.4, -0.2) is 37.0 Å². The second-order valence-electron chi connectivity index (χ2n) is 30.9. The molecule has 0 aromatic heterocycles. The second kappa shape index (κ2) is 70.6. The minimum absolute atomic E-state index is 1.37. The Hall–Kier alpha value is 0.580. The van der Waals surface area contributed by atoms with Crippen LogP contribution in [0.25, 0.3) is 0 Å². The maximum atomic E-state index is 9.87. The van der Waals surface area contributed by atoms with Crippen molar-refractivity contribution in [2.75, 3.05) is 37.0 Å². The van der Waals surface area contributed by atoms with Gasteiger partial charge in [-0.1, -0.05) is 465 Å². The molecule has 0 bridgehead atoms.